The first-order valence-electron chi connectivity index (χ1n) is 44.2. The van der Waals surface area contributed by atoms with Crippen molar-refractivity contribution < 1.29 is 115 Å². The molecule has 6 aromatic rings. The third kappa shape index (κ3) is 28.8. The topological polar surface area (TPSA) is 537 Å². The molecule has 41 heteroatoms. The number of carbonyl (C=O) groups excluding carboxylic acids is 15. The summed E-state index contributed by atoms with van der Waals surface area (Å²) in [6.45, 7) is 6.65. The minimum atomic E-state index is -1.99. The maximum absolute atomic E-state index is 15.7. The Bertz CT molecular complexity index is 5230. The highest BCUT2D eigenvalue weighted by atomic mass is 32.2. The summed E-state index contributed by atoms with van der Waals surface area (Å²) in [6.07, 6.45) is -4.62. The highest BCUT2D eigenvalue weighted by molar-refractivity contribution is 8.00. The summed E-state index contributed by atoms with van der Waals surface area (Å²) in [4.78, 5) is 258. The molecule has 1 aromatic heterocycles. The van der Waals surface area contributed by atoms with E-state index in [-0.39, 0.29) is 69.2 Å². The lowest BCUT2D eigenvalue weighted by molar-refractivity contribution is -0.152. The number of amides is 15. The third-order valence-electron chi connectivity index (χ3n) is 23.7. The number of likely N-dealkylation sites (N-methyl/N-ethyl adjacent to an activating group) is 3. The molecule has 0 saturated carbocycles. The fourth-order valence-electron chi connectivity index (χ4n) is 16.5. The first-order valence-corrected chi connectivity index (χ1v) is 45.4. The Morgan fingerprint density at radius 2 is 1.08 bits per heavy atom. The van der Waals surface area contributed by atoms with Gasteiger partial charge in [-0.3, -0.25) is 81.5 Å². The molecule has 14 atom stereocenters. The van der Waals surface area contributed by atoms with Crippen LogP contribution in [0.25, 0.3) is 10.9 Å². The number of phenolic OH excluding ortho intramolecular Hbond substituents is 1. The number of fused-ring (bicyclic) bond motifs is 3. The zero-order valence-corrected chi connectivity index (χ0v) is 76.4. The van der Waals surface area contributed by atoms with Crippen LogP contribution in [0.2, 0.25) is 0 Å². The fraction of sp³-hybridized carbons (Fsp3) is 0.473. The smallest absolute Gasteiger partial charge is 0.305 e. The van der Waals surface area contributed by atoms with E-state index in [1.54, 1.807) is 112 Å². The van der Waals surface area contributed by atoms with Crippen LogP contribution in [-0.4, -0.2) is 287 Å². The molecule has 0 aliphatic carbocycles. The van der Waals surface area contributed by atoms with Crippen LogP contribution < -0.4 is 53.6 Å². The number of thioether (sulfide) groups is 1. The number of aliphatic hydroxyl groups excluding tert-OH is 1. The maximum Gasteiger partial charge on any atom is 0.305 e. The number of hydrogen-bond acceptors (Lipinski definition) is 20. The second kappa shape index (κ2) is 48.8. The fourth-order valence-corrected chi connectivity index (χ4v) is 17.3. The van der Waals surface area contributed by atoms with E-state index in [4.69, 9.17) is 5.73 Å². The van der Waals surface area contributed by atoms with Crippen molar-refractivity contribution in [2.45, 2.75) is 216 Å². The molecule has 0 unspecified atom stereocenters. The zero-order chi connectivity index (χ0) is 98.1. The molecule has 3 fully saturated rings. The van der Waals surface area contributed by atoms with Crippen LogP contribution in [0.5, 0.6) is 5.75 Å². The van der Waals surface area contributed by atoms with Gasteiger partial charge in [-0.15, -0.1) is 11.8 Å². The van der Waals surface area contributed by atoms with E-state index in [9.17, 15) is 58.4 Å². The van der Waals surface area contributed by atoms with E-state index >= 15 is 56.7 Å². The number of rotatable bonds is 24. The van der Waals surface area contributed by atoms with Gasteiger partial charge in [0.05, 0.1) is 24.8 Å². The number of nitrogens with two attached hydrogens (primary N) is 1. The van der Waals surface area contributed by atoms with Gasteiger partial charge in [0.1, 0.15) is 84.3 Å². The average molecular weight is 1880 g/mol. The zero-order valence-electron chi connectivity index (χ0n) is 75.6. The number of aliphatic hydroxyl groups is 1. The number of carboxylic acid groups (broad SMARTS) is 2. The number of aromatic amines is 1. The van der Waals surface area contributed by atoms with Crippen LogP contribution in [0.1, 0.15) is 127 Å². The molecule has 9 rings (SSSR count). The van der Waals surface area contributed by atoms with E-state index < -0.39 is 278 Å². The highest BCUT2D eigenvalue weighted by Crippen LogP contribution is 2.29. The number of nitrogens with one attached hydrogen (secondary N) is 10. The van der Waals surface area contributed by atoms with E-state index in [0.29, 0.717) is 63.5 Å². The van der Waals surface area contributed by atoms with Gasteiger partial charge in [0, 0.05) is 102 Å². The van der Waals surface area contributed by atoms with Crippen LogP contribution in [0, 0.1) is 29.3 Å². The largest absolute Gasteiger partial charge is 0.508 e. The third-order valence-corrected chi connectivity index (χ3v) is 24.7. The molecule has 4 heterocycles. The molecule has 722 valence electrons. The summed E-state index contributed by atoms with van der Waals surface area (Å²) in [6, 6.07) is 7.74. The average Bonchev–Trinajstić information content (AvgIpc) is 1.58. The van der Waals surface area contributed by atoms with Gasteiger partial charge in [0.25, 0.3) is 0 Å². The summed E-state index contributed by atoms with van der Waals surface area (Å²) in [5, 5.41) is 66.1. The second-order valence-corrected chi connectivity index (χ2v) is 35.6. The Morgan fingerprint density at radius 1 is 0.537 bits per heavy atom. The predicted molar refractivity (Wildman–Crippen MR) is 483 cm³/mol. The number of H-pyrrole nitrogens is 1. The van der Waals surface area contributed by atoms with Gasteiger partial charge >= 0.3 is 11.9 Å². The Labute approximate surface area is 775 Å². The number of aromatic nitrogens is 1. The molecule has 3 aliphatic heterocycles. The number of carboxylic acids is 2. The molecular weight excluding hydrogens is 1770 g/mol. The van der Waals surface area contributed by atoms with Crippen LogP contribution >= 0.6 is 11.8 Å². The van der Waals surface area contributed by atoms with Gasteiger partial charge < -0.3 is 103 Å². The summed E-state index contributed by atoms with van der Waals surface area (Å²) in [7, 11) is 3.66. The van der Waals surface area contributed by atoms with Crippen molar-refractivity contribution in [2.75, 3.05) is 52.3 Å². The monoisotopic (exact) mass is 1880 g/mol. The van der Waals surface area contributed by atoms with Crippen molar-refractivity contribution in [3.63, 3.8) is 0 Å². The minimum absolute atomic E-state index is 0.0632. The van der Waals surface area contributed by atoms with Gasteiger partial charge in [0.2, 0.25) is 88.6 Å². The van der Waals surface area contributed by atoms with Gasteiger partial charge in [-0.1, -0.05) is 138 Å². The van der Waals surface area contributed by atoms with Crippen LogP contribution in [-0.2, 0) is 114 Å². The first kappa shape index (κ1) is 104. The quantitative estimate of drug-likeness (QED) is 0.0383. The highest BCUT2D eigenvalue weighted by Gasteiger charge is 2.48. The molecule has 37 nitrogen and oxygen atoms in total. The van der Waals surface area contributed by atoms with Gasteiger partial charge in [-0.25, -0.2) is 13.2 Å². The second-order valence-electron chi connectivity index (χ2n) is 34.6. The number of unbranched alkanes of at least 4 members (excludes halogenated alkanes) is 1. The standard InChI is InChI=1S/C93H117F3N16O21S/c1-9-10-26-71-92(132)111-34-19-27-70(111)86(126)105-67(44-78(119)120)85(125)107-80(51(4)5)93(133)109(7)72(40-52-20-13-11-14-21-52)87(127)101-63(32-33-77(117)118)90(130)112-47-58(114)43-73(112)88(128)104-66(42-56-45-98-62-25-18-17-24-59(56)62)84(124)103-65(38-54-28-30-57(113)31-29-54)83(123)102-64(35-50(2)3)82(122)106-69(81(121)99-46-75(97)115)48-134-49-76(116)100-68(39-55-36-60(94)79(96)61(95)37-55)89(129)110(8)74(91(131)108(71)6)41-53-22-15-12-16-23-53/h11-18,20-25,28-31,36-37,45,50-51,58,63-74,80,98,113-114H,9-10,19,26-27,32-35,38-44,46-49H2,1-8H3,(H2,97,115)(H,99,121)(H,100,116)(H,101,127)(H,102,123)(H,103,124)(H,104,128)(H,105,126)(H,106,122)(H,107,125)(H,117,118)(H,119,120)/t58-,63-,64-,65-,66-,67-,68-,69-,70+,71-,72-,73+,74-,80-/m0/s1. The lowest BCUT2D eigenvalue weighted by Crippen LogP contribution is -2.62. The van der Waals surface area contributed by atoms with Gasteiger partial charge in [-0.05, 0) is 102 Å². The summed E-state index contributed by atoms with van der Waals surface area (Å²) >= 11 is 0.655. The van der Waals surface area contributed by atoms with Crippen molar-refractivity contribution in [1.29, 1.82) is 0 Å². The van der Waals surface area contributed by atoms with Crippen molar-refractivity contribution in [2.24, 2.45) is 17.6 Å². The number of primary amides is 1. The summed E-state index contributed by atoms with van der Waals surface area (Å²) in [5.74, 6) is -26.7. The Morgan fingerprint density at radius 3 is 1.69 bits per heavy atom. The SMILES string of the molecule is CCCC[C@H]1C(=O)N2CCC[C@@H]2C(=O)N[C@@H](CC(=O)O)C(=O)N[C@@H](C(C)C)C(=O)N(C)[C@@H](Cc2ccccc2)C(=O)N[C@@H](CCC(=O)O)C(=O)N2C[C@@H](O)C[C@@H]2C(=O)N[C@@H](Cc2c[nH]c3ccccc23)C(=O)N[C@@H](Cc2ccc(O)cc2)C(=O)N[C@@H](CC(C)C)C(=O)N[C@H](C(=O)NCC(N)=O)CSCC(=O)N[C@@H](Cc2cc(F)c(F)c(F)c2)C(=O)N(C)[C@@H](Cc2ccccc2)C(=O)N1C. The van der Waals surface area contributed by atoms with Crippen molar-refractivity contribution >= 4 is 123 Å². The number of halogens is 3. The van der Waals surface area contributed by atoms with E-state index in [2.05, 4.69) is 52.8 Å². The number of benzene rings is 5. The summed E-state index contributed by atoms with van der Waals surface area (Å²) < 4.78 is 45.1. The Hall–Kier alpha value is -13.5. The van der Waals surface area contributed by atoms with Crippen LogP contribution in [0.4, 0.5) is 13.2 Å². The Balaban J connectivity index is 1.14. The number of aliphatic carboxylic acids is 2. The van der Waals surface area contributed by atoms with Crippen molar-refractivity contribution in [3.05, 3.63) is 173 Å². The number of para-hydroxylation sites is 1. The molecule has 0 spiro atoms. The molecule has 5 aromatic carbocycles. The maximum atomic E-state index is 15.7. The van der Waals surface area contributed by atoms with Crippen LogP contribution in [0.15, 0.2) is 128 Å². The normalized spacial score (nSPS) is 24.0. The molecule has 134 heavy (non-hydrogen) atoms. The van der Waals surface area contributed by atoms with E-state index in [0.717, 1.165) is 24.5 Å². The number of phenols is 1. The lowest BCUT2D eigenvalue weighted by atomic mass is 9.98. The molecule has 3 aliphatic rings. The summed E-state index contributed by atoms with van der Waals surface area (Å²) in [5.41, 5.74) is 7.26. The lowest BCUT2D eigenvalue weighted by Gasteiger charge is -2.38. The first-order chi connectivity index (χ1) is 63.6. The van der Waals surface area contributed by atoms with Crippen molar-refractivity contribution in [1.82, 2.24) is 77.3 Å². The molecule has 0 bridgehead atoms. The number of hydrogen-bond donors (Lipinski definition) is 15. The predicted octanol–water partition coefficient (Wildman–Crippen LogP) is 1.70. The number of carbonyl (C=O) groups is 17. The molecular formula is C93H117F3N16O21S. The molecule has 16 N–H and O–H groups in total. The minimum Gasteiger partial charge on any atom is -0.508 e. The van der Waals surface area contributed by atoms with E-state index in [1.165, 1.54) is 59.3 Å². The van der Waals surface area contributed by atoms with Gasteiger partial charge in [-0.2, -0.15) is 0 Å². The molecule has 3 saturated heterocycles. The molecule has 0 radical (unpaired) electrons. The molecule has 15 amide bonds. The number of aromatic hydroxyl groups is 1. The van der Waals surface area contributed by atoms with E-state index in [1.807, 2.05) is 0 Å². The van der Waals surface area contributed by atoms with Crippen molar-refractivity contribution in [3.8, 4) is 5.75 Å². The Kier molecular flexibility index (Phi) is 38.0. The van der Waals surface area contributed by atoms with Gasteiger partial charge in [0.15, 0.2) is 17.5 Å². The number of nitrogens with zero attached hydrogens (tertiary/aromatic N) is 5. The van der Waals surface area contributed by atoms with Crippen LogP contribution in [0.3, 0.4) is 0 Å².